The van der Waals surface area contributed by atoms with Crippen molar-refractivity contribution in [3.05, 3.63) is 18.2 Å². The van der Waals surface area contributed by atoms with Crippen molar-refractivity contribution >= 4 is 24.2 Å². The molecule has 1 aromatic rings. The average molecular weight is 397 g/mol. The van der Waals surface area contributed by atoms with Crippen LogP contribution in [0, 0.1) is 5.92 Å². The zero-order chi connectivity index (χ0) is 20.5. The van der Waals surface area contributed by atoms with E-state index in [-0.39, 0.29) is 11.1 Å². The highest BCUT2D eigenvalue weighted by Crippen LogP contribution is 2.33. The van der Waals surface area contributed by atoms with Gasteiger partial charge in [0.05, 0.1) is 5.60 Å². The van der Waals surface area contributed by atoms with Gasteiger partial charge in [-0.3, -0.25) is 9.93 Å². The third kappa shape index (κ3) is 8.95. The van der Waals surface area contributed by atoms with Gasteiger partial charge in [-0.05, 0) is 83.9 Å². The van der Waals surface area contributed by atoms with Gasteiger partial charge in [0.25, 0.3) is 0 Å². The molecule has 1 aliphatic heterocycles. The Morgan fingerprint density at radius 3 is 2.63 bits per heavy atom. The SMILES string of the molecule is CC1(C)CC(CCCNc2cccc(SN)n2)CN1C=O.COC(C)(C)C. The summed E-state index contributed by atoms with van der Waals surface area (Å²) in [6.07, 6.45) is 4.28. The number of nitrogens with one attached hydrogen (secondary N) is 1. The first-order valence-corrected chi connectivity index (χ1v) is 10.3. The minimum absolute atomic E-state index is 0.00802. The van der Waals surface area contributed by atoms with E-state index in [9.17, 15) is 4.79 Å². The maximum absolute atomic E-state index is 11.0. The van der Waals surface area contributed by atoms with Gasteiger partial charge < -0.3 is 15.0 Å². The molecule has 1 atom stereocenters. The van der Waals surface area contributed by atoms with Crippen molar-refractivity contribution in [3.63, 3.8) is 0 Å². The number of amides is 1. The summed E-state index contributed by atoms with van der Waals surface area (Å²) in [5, 5.41) is 9.65. The van der Waals surface area contributed by atoms with Crippen molar-refractivity contribution < 1.29 is 9.53 Å². The van der Waals surface area contributed by atoms with Gasteiger partial charge in [-0.25, -0.2) is 4.98 Å². The minimum Gasteiger partial charge on any atom is -0.379 e. The van der Waals surface area contributed by atoms with Crippen molar-refractivity contribution in [3.8, 4) is 0 Å². The number of pyridine rings is 1. The molecule has 7 heteroatoms. The van der Waals surface area contributed by atoms with Crippen LogP contribution in [-0.2, 0) is 9.53 Å². The van der Waals surface area contributed by atoms with E-state index < -0.39 is 0 Å². The summed E-state index contributed by atoms with van der Waals surface area (Å²) in [5.74, 6) is 1.47. The van der Waals surface area contributed by atoms with Crippen molar-refractivity contribution in [2.45, 2.75) is 70.0 Å². The number of anilines is 1. The van der Waals surface area contributed by atoms with Gasteiger partial charge in [0, 0.05) is 25.7 Å². The molecule has 0 radical (unpaired) electrons. The van der Waals surface area contributed by atoms with Gasteiger partial charge in [0.15, 0.2) is 0 Å². The van der Waals surface area contributed by atoms with Crippen LogP contribution in [-0.4, -0.2) is 47.6 Å². The number of hydrogen-bond donors (Lipinski definition) is 2. The number of likely N-dealkylation sites (tertiary alicyclic amines) is 1. The molecule has 0 spiro atoms. The first-order valence-electron chi connectivity index (χ1n) is 9.46. The van der Waals surface area contributed by atoms with Crippen LogP contribution in [0.3, 0.4) is 0 Å². The number of carbonyl (C=O) groups is 1. The third-order valence-electron chi connectivity index (χ3n) is 4.70. The lowest BCUT2D eigenvalue weighted by atomic mass is 9.93. The fraction of sp³-hybridized carbons (Fsp3) is 0.700. The molecule has 0 bridgehead atoms. The number of nitrogens with two attached hydrogens (primary N) is 1. The Balaban J connectivity index is 0.000000527. The summed E-state index contributed by atoms with van der Waals surface area (Å²) < 4.78 is 4.94. The van der Waals surface area contributed by atoms with Crippen LogP contribution in [0.25, 0.3) is 0 Å². The molecule has 0 saturated carbocycles. The quantitative estimate of drug-likeness (QED) is 0.413. The van der Waals surface area contributed by atoms with Crippen molar-refractivity contribution in [2.75, 3.05) is 25.5 Å². The zero-order valence-corrected chi connectivity index (χ0v) is 18.4. The van der Waals surface area contributed by atoms with Gasteiger partial charge in [-0.15, -0.1) is 0 Å². The van der Waals surface area contributed by atoms with E-state index in [0.717, 1.165) is 61.6 Å². The van der Waals surface area contributed by atoms with Crippen LogP contribution < -0.4 is 10.5 Å². The van der Waals surface area contributed by atoms with Gasteiger partial charge in [-0.2, -0.15) is 0 Å². The van der Waals surface area contributed by atoms with E-state index >= 15 is 0 Å². The molecular formula is C20H36N4O2S. The Bertz CT molecular complexity index is 575. The number of rotatable bonds is 7. The first kappa shape index (κ1) is 23.7. The van der Waals surface area contributed by atoms with Gasteiger partial charge in [0.1, 0.15) is 10.8 Å². The molecule has 1 saturated heterocycles. The van der Waals surface area contributed by atoms with Gasteiger partial charge in [-0.1, -0.05) is 6.07 Å². The number of hydrogen-bond acceptors (Lipinski definition) is 6. The summed E-state index contributed by atoms with van der Waals surface area (Å²) in [6.45, 7) is 12.1. The van der Waals surface area contributed by atoms with Crippen LogP contribution in [0.5, 0.6) is 0 Å². The summed E-state index contributed by atoms with van der Waals surface area (Å²) >= 11 is 1.16. The number of nitrogens with zero attached hydrogens (tertiary/aromatic N) is 2. The second-order valence-corrected chi connectivity index (χ2v) is 9.16. The van der Waals surface area contributed by atoms with Crippen molar-refractivity contribution in [2.24, 2.45) is 11.1 Å². The van der Waals surface area contributed by atoms with E-state index in [4.69, 9.17) is 9.88 Å². The third-order valence-corrected chi connectivity index (χ3v) is 5.17. The zero-order valence-electron chi connectivity index (χ0n) is 17.6. The van der Waals surface area contributed by atoms with Crippen LogP contribution in [0.15, 0.2) is 23.2 Å². The molecule has 154 valence electrons. The topological polar surface area (TPSA) is 80.5 Å². The molecule has 0 aromatic carbocycles. The molecule has 2 heterocycles. The number of ether oxygens (including phenoxy) is 1. The Morgan fingerprint density at radius 2 is 2.11 bits per heavy atom. The van der Waals surface area contributed by atoms with Crippen LogP contribution >= 0.6 is 11.9 Å². The van der Waals surface area contributed by atoms with E-state index in [1.807, 2.05) is 43.9 Å². The monoisotopic (exact) mass is 396 g/mol. The molecular weight excluding hydrogens is 360 g/mol. The second kappa shape index (κ2) is 10.9. The van der Waals surface area contributed by atoms with E-state index in [1.54, 1.807) is 7.11 Å². The molecule has 1 aliphatic rings. The fourth-order valence-electron chi connectivity index (χ4n) is 2.98. The van der Waals surface area contributed by atoms with E-state index in [2.05, 4.69) is 24.1 Å². The maximum Gasteiger partial charge on any atom is 0.210 e. The summed E-state index contributed by atoms with van der Waals surface area (Å²) in [6, 6.07) is 5.79. The van der Waals surface area contributed by atoms with Gasteiger partial charge in [0.2, 0.25) is 6.41 Å². The molecule has 2 rings (SSSR count). The highest BCUT2D eigenvalue weighted by molar-refractivity contribution is 7.97. The predicted octanol–water partition coefficient (Wildman–Crippen LogP) is 3.93. The van der Waals surface area contributed by atoms with Crippen LogP contribution in [0.2, 0.25) is 0 Å². The Morgan fingerprint density at radius 1 is 1.44 bits per heavy atom. The molecule has 1 aromatic heterocycles. The van der Waals surface area contributed by atoms with E-state index in [0.29, 0.717) is 5.92 Å². The summed E-state index contributed by atoms with van der Waals surface area (Å²) in [5.41, 5.74) is 0.0497. The molecule has 1 unspecified atom stereocenters. The van der Waals surface area contributed by atoms with Gasteiger partial charge >= 0.3 is 0 Å². The Hall–Kier alpha value is -1.31. The van der Waals surface area contributed by atoms with Crippen molar-refractivity contribution in [1.82, 2.24) is 9.88 Å². The minimum atomic E-state index is 0.00802. The lowest BCUT2D eigenvalue weighted by Crippen LogP contribution is -2.36. The first-order chi connectivity index (χ1) is 12.6. The average Bonchev–Trinajstić information content (AvgIpc) is 2.92. The predicted molar refractivity (Wildman–Crippen MR) is 114 cm³/mol. The highest BCUT2D eigenvalue weighted by atomic mass is 32.2. The largest absolute Gasteiger partial charge is 0.379 e. The molecule has 0 aliphatic carbocycles. The lowest BCUT2D eigenvalue weighted by Gasteiger charge is -2.27. The smallest absolute Gasteiger partial charge is 0.210 e. The Labute approximate surface area is 168 Å². The highest BCUT2D eigenvalue weighted by Gasteiger charge is 2.36. The lowest BCUT2D eigenvalue weighted by molar-refractivity contribution is -0.120. The molecule has 27 heavy (non-hydrogen) atoms. The normalized spacial score (nSPS) is 18.6. The Kier molecular flexibility index (Phi) is 9.56. The van der Waals surface area contributed by atoms with Crippen LogP contribution in [0.4, 0.5) is 5.82 Å². The summed E-state index contributed by atoms with van der Waals surface area (Å²) in [4.78, 5) is 17.3. The van der Waals surface area contributed by atoms with Crippen LogP contribution in [0.1, 0.15) is 53.9 Å². The second-order valence-electron chi connectivity index (χ2n) is 8.50. The summed E-state index contributed by atoms with van der Waals surface area (Å²) in [7, 11) is 1.71. The molecule has 3 N–H and O–H groups in total. The number of aromatic nitrogens is 1. The molecule has 1 fully saturated rings. The standard InChI is InChI=1S/C15H24N4OS.C5H12O/c1-15(2)9-12(10-19(15)11-20)5-4-8-17-13-6-3-7-14(18-13)21-16;1-5(2,3)6-4/h3,6-7,11-12H,4-5,8-10,16H2,1-2H3,(H,17,18);1-4H3. The number of carbonyl (C=O) groups excluding carboxylic acids is 1. The fourth-order valence-corrected chi connectivity index (χ4v) is 3.29. The van der Waals surface area contributed by atoms with Crippen molar-refractivity contribution in [1.29, 1.82) is 0 Å². The maximum atomic E-state index is 11.0. The number of methoxy groups -OCH3 is 1. The van der Waals surface area contributed by atoms with E-state index in [1.165, 1.54) is 0 Å². The molecule has 1 amide bonds. The molecule has 6 nitrogen and oxygen atoms in total.